The van der Waals surface area contributed by atoms with Crippen molar-refractivity contribution < 1.29 is 9.90 Å². The van der Waals surface area contributed by atoms with E-state index in [0.29, 0.717) is 5.92 Å². The zero-order valence-electron chi connectivity index (χ0n) is 13.2. The summed E-state index contributed by atoms with van der Waals surface area (Å²) in [4.78, 5) is 13.7. The molecule has 116 valence electrons. The molecule has 0 aromatic heterocycles. The fourth-order valence-corrected chi connectivity index (χ4v) is 4.27. The highest BCUT2D eigenvalue weighted by molar-refractivity contribution is 5.70. The Labute approximate surface area is 123 Å². The number of piperidine rings is 1. The lowest BCUT2D eigenvalue weighted by atomic mass is 9.82. The molecule has 1 saturated carbocycles. The number of carboxylic acids is 1. The smallest absolute Gasteiger partial charge is 0.308 e. The average molecular weight is 281 g/mol. The molecule has 1 aliphatic heterocycles. The zero-order valence-corrected chi connectivity index (χ0v) is 13.2. The van der Waals surface area contributed by atoms with Gasteiger partial charge >= 0.3 is 5.97 Å². The van der Waals surface area contributed by atoms with Crippen molar-refractivity contribution in [3.8, 4) is 0 Å². The van der Waals surface area contributed by atoms with Gasteiger partial charge in [-0.2, -0.15) is 0 Å². The Hall–Kier alpha value is -0.570. The second-order valence-corrected chi connectivity index (χ2v) is 7.17. The van der Waals surface area contributed by atoms with Gasteiger partial charge in [0.2, 0.25) is 0 Å². The maximum absolute atomic E-state index is 11.3. The minimum Gasteiger partial charge on any atom is -0.481 e. The van der Waals surface area contributed by atoms with Crippen LogP contribution in [-0.2, 0) is 4.79 Å². The molecule has 20 heavy (non-hydrogen) atoms. The predicted octanol–water partition coefficient (Wildman–Crippen LogP) is 3.78. The monoisotopic (exact) mass is 281 g/mol. The van der Waals surface area contributed by atoms with Crippen molar-refractivity contribution in [1.82, 2.24) is 4.90 Å². The summed E-state index contributed by atoms with van der Waals surface area (Å²) >= 11 is 0. The highest BCUT2D eigenvalue weighted by atomic mass is 16.4. The maximum atomic E-state index is 11.3. The molecule has 0 aromatic carbocycles. The number of hydrogen-bond acceptors (Lipinski definition) is 2. The van der Waals surface area contributed by atoms with E-state index in [2.05, 4.69) is 18.7 Å². The molecular weight excluding hydrogens is 250 g/mol. The van der Waals surface area contributed by atoms with Crippen molar-refractivity contribution in [2.24, 2.45) is 17.8 Å². The lowest BCUT2D eigenvalue weighted by Crippen LogP contribution is -2.47. The van der Waals surface area contributed by atoms with Gasteiger partial charge in [-0.1, -0.05) is 39.0 Å². The second kappa shape index (κ2) is 7.44. The van der Waals surface area contributed by atoms with Crippen LogP contribution in [0.1, 0.15) is 65.2 Å². The van der Waals surface area contributed by atoms with Crippen molar-refractivity contribution in [2.75, 3.05) is 13.1 Å². The molecule has 0 radical (unpaired) electrons. The first kappa shape index (κ1) is 15.8. The third-order valence-electron chi connectivity index (χ3n) is 5.44. The average Bonchev–Trinajstić information content (AvgIpc) is 2.42. The van der Waals surface area contributed by atoms with Crippen LogP contribution in [0.2, 0.25) is 0 Å². The van der Waals surface area contributed by atoms with Crippen molar-refractivity contribution in [2.45, 2.75) is 71.3 Å². The van der Waals surface area contributed by atoms with Crippen molar-refractivity contribution in [1.29, 1.82) is 0 Å². The Bertz CT molecular complexity index is 312. The number of rotatable bonds is 5. The van der Waals surface area contributed by atoms with Crippen LogP contribution in [0.4, 0.5) is 0 Å². The van der Waals surface area contributed by atoms with Gasteiger partial charge in [-0.15, -0.1) is 0 Å². The summed E-state index contributed by atoms with van der Waals surface area (Å²) in [6, 6.07) is 0.204. The normalized spacial score (nSPS) is 31.1. The van der Waals surface area contributed by atoms with E-state index in [1.165, 1.54) is 38.5 Å². The van der Waals surface area contributed by atoms with Crippen LogP contribution in [0, 0.1) is 17.8 Å². The zero-order chi connectivity index (χ0) is 14.5. The van der Waals surface area contributed by atoms with Gasteiger partial charge in [0, 0.05) is 12.6 Å². The standard InChI is InChI=1S/C17H31NO2/c1-13(11-15-7-4-3-5-8-15)12-18-10-6-9-16(14(18)2)17(19)20/h13-16H,3-12H2,1-2H3,(H,19,20)/t13?,14-,16-/m0/s1. The highest BCUT2D eigenvalue weighted by Crippen LogP contribution is 2.31. The summed E-state index contributed by atoms with van der Waals surface area (Å²) < 4.78 is 0. The molecule has 0 spiro atoms. The van der Waals surface area contributed by atoms with Gasteiger partial charge in [0.25, 0.3) is 0 Å². The second-order valence-electron chi connectivity index (χ2n) is 7.17. The lowest BCUT2D eigenvalue weighted by molar-refractivity contribution is -0.145. The largest absolute Gasteiger partial charge is 0.481 e. The molecular formula is C17H31NO2. The Kier molecular flexibility index (Phi) is 5.88. The van der Waals surface area contributed by atoms with Crippen molar-refractivity contribution in [3.63, 3.8) is 0 Å². The lowest BCUT2D eigenvalue weighted by Gasteiger charge is -2.39. The molecule has 2 rings (SSSR count). The molecule has 3 nitrogen and oxygen atoms in total. The molecule has 1 aliphatic carbocycles. The van der Waals surface area contributed by atoms with Crippen molar-refractivity contribution >= 4 is 5.97 Å². The fraction of sp³-hybridized carbons (Fsp3) is 0.941. The van der Waals surface area contributed by atoms with E-state index in [1.807, 2.05) is 0 Å². The summed E-state index contributed by atoms with van der Waals surface area (Å²) in [5.74, 6) is 0.856. The summed E-state index contributed by atoms with van der Waals surface area (Å²) in [6.07, 6.45) is 10.3. The predicted molar refractivity (Wildman–Crippen MR) is 81.8 cm³/mol. The molecule has 2 aliphatic rings. The summed E-state index contributed by atoms with van der Waals surface area (Å²) in [6.45, 7) is 6.62. The van der Waals surface area contributed by atoms with E-state index in [0.717, 1.165) is 31.8 Å². The quantitative estimate of drug-likeness (QED) is 0.833. The number of nitrogens with zero attached hydrogens (tertiary/aromatic N) is 1. The van der Waals surface area contributed by atoms with Crippen LogP contribution in [0.3, 0.4) is 0 Å². The molecule has 1 saturated heterocycles. The molecule has 0 amide bonds. The van der Waals surface area contributed by atoms with Crippen LogP contribution in [-0.4, -0.2) is 35.1 Å². The van der Waals surface area contributed by atoms with Crippen LogP contribution in [0.5, 0.6) is 0 Å². The van der Waals surface area contributed by atoms with E-state index in [4.69, 9.17) is 0 Å². The molecule has 3 atom stereocenters. The topological polar surface area (TPSA) is 40.5 Å². The molecule has 2 fully saturated rings. The number of carboxylic acid groups (broad SMARTS) is 1. The fourth-order valence-electron chi connectivity index (χ4n) is 4.27. The van der Waals surface area contributed by atoms with Gasteiger partial charge in [0.1, 0.15) is 0 Å². The summed E-state index contributed by atoms with van der Waals surface area (Å²) in [5, 5.41) is 9.29. The van der Waals surface area contributed by atoms with Gasteiger partial charge in [-0.3, -0.25) is 9.69 Å². The number of likely N-dealkylation sites (tertiary alicyclic amines) is 1. The highest BCUT2D eigenvalue weighted by Gasteiger charge is 2.33. The van der Waals surface area contributed by atoms with Crippen LogP contribution >= 0.6 is 0 Å². The first-order chi connectivity index (χ1) is 9.58. The number of carbonyl (C=O) groups is 1. The number of hydrogen-bond donors (Lipinski definition) is 1. The minimum atomic E-state index is -0.609. The van der Waals surface area contributed by atoms with Crippen LogP contribution in [0.15, 0.2) is 0 Å². The third kappa shape index (κ3) is 4.21. The van der Waals surface area contributed by atoms with Gasteiger partial charge in [-0.05, 0) is 44.6 Å². The summed E-state index contributed by atoms with van der Waals surface area (Å²) in [7, 11) is 0. The van der Waals surface area contributed by atoms with Gasteiger partial charge < -0.3 is 5.11 Å². The molecule has 1 heterocycles. The van der Waals surface area contributed by atoms with Crippen LogP contribution in [0.25, 0.3) is 0 Å². The third-order valence-corrected chi connectivity index (χ3v) is 5.44. The maximum Gasteiger partial charge on any atom is 0.308 e. The molecule has 1 N–H and O–H groups in total. The van der Waals surface area contributed by atoms with Gasteiger partial charge in [0.05, 0.1) is 5.92 Å². The van der Waals surface area contributed by atoms with E-state index in [-0.39, 0.29) is 12.0 Å². The Morgan fingerprint density at radius 1 is 1.20 bits per heavy atom. The van der Waals surface area contributed by atoms with Gasteiger partial charge in [0.15, 0.2) is 0 Å². The summed E-state index contributed by atoms with van der Waals surface area (Å²) in [5.41, 5.74) is 0. The van der Waals surface area contributed by atoms with E-state index < -0.39 is 5.97 Å². The number of aliphatic carboxylic acids is 1. The Morgan fingerprint density at radius 3 is 2.55 bits per heavy atom. The van der Waals surface area contributed by atoms with E-state index >= 15 is 0 Å². The van der Waals surface area contributed by atoms with E-state index in [9.17, 15) is 9.90 Å². The Balaban J connectivity index is 1.80. The molecule has 0 bridgehead atoms. The SMILES string of the molecule is CC(CC1CCCCC1)CN1CCC[C@H](C(=O)O)[C@@H]1C. The molecule has 1 unspecified atom stereocenters. The van der Waals surface area contributed by atoms with E-state index in [1.54, 1.807) is 0 Å². The van der Waals surface area contributed by atoms with Gasteiger partial charge in [-0.25, -0.2) is 0 Å². The Morgan fingerprint density at radius 2 is 1.90 bits per heavy atom. The molecule has 3 heteroatoms. The van der Waals surface area contributed by atoms with Crippen LogP contribution < -0.4 is 0 Å². The first-order valence-corrected chi connectivity index (χ1v) is 8.54. The first-order valence-electron chi connectivity index (χ1n) is 8.54. The molecule has 0 aromatic rings. The van der Waals surface area contributed by atoms with Crippen molar-refractivity contribution in [3.05, 3.63) is 0 Å². The minimum absolute atomic E-state index is 0.161.